The van der Waals surface area contributed by atoms with E-state index in [0.29, 0.717) is 10.7 Å². The summed E-state index contributed by atoms with van der Waals surface area (Å²) in [6.07, 6.45) is 0.981. The Morgan fingerprint density at radius 1 is 0.964 bits per heavy atom. The minimum Gasteiger partial charge on any atom is -0.497 e. The van der Waals surface area contributed by atoms with Gasteiger partial charge in [0.25, 0.3) is 5.91 Å². The van der Waals surface area contributed by atoms with Gasteiger partial charge < -0.3 is 4.74 Å². The summed E-state index contributed by atoms with van der Waals surface area (Å²) in [5, 5.41) is 4.79. The van der Waals surface area contributed by atoms with Crippen molar-refractivity contribution in [2.75, 3.05) is 25.1 Å². The van der Waals surface area contributed by atoms with Crippen molar-refractivity contribution >= 4 is 29.1 Å². The fraction of sp³-hybridized carbons (Fsp3) is 0.333. The first-order valence-corrected chi connectivity index (χ1v) is 9.78. The molecule has 3 aliphatic heterocycles. The monoisotopic (exact) mass is 397 g/mol. The van der Waals surface area contributed by atoms with Gasteiger partial charge in [0.15, 0.2) is 0 Å². The highest BCUT2D eigenvalue weighted by Crippen LogP contribution is 2.49. The molecule has 0 aliphatic carbocycles. The number of imide groups is 1. The summed E-state index contributed by atoms with van der Waals surface area (Å²) >= 11 is 6.10. The molecule has 0 radical (unpaired) electrons. The van der Waals surface area contributed by atoms with Crippen molar-refractivity contribution < 1.29 is 14.3 Å². The summed E-state index contributed by atoms with van der Waals surface area (Å²) in [5.74, 6) is 0.0128. The normalized spacial score (nSPS) is 27.4. The third-order valence-corrected chi connectivity index (χ3v) is 6.16. The third kappa shape index (κ3) is 2.49. The molecule has 2 aromatic carbocycles. The van der Waals surface area contributed by atoms with Crippen LogP contribution in [0.25, 0.3) is 0 Å². The lowest BCUT2D eigenvalue weighted by atomic mass is 9.90. The van der Waals surface area contributed by atoms with Crippen LogP contribution in [0.1, 0.15) is 18.0 Å². The van der Waals surface area contributed by atoms with Crippen molar-refractivity contribution in [3.63, 3.8) is 0 Å². The first-order chi connectivity index (χ1) is 13.6. The fourth-order valence-electron chi connectivity index (χ4n) is 4.78. The van der Waals surface area contributed by atoms with E-state index in [2.05, 4.69) is 10.0 Å². The number of hydrogen-bond acceptors (Lipinski definition) is 5. The fourth-order valence-corrected chi connectivity index (χ4v) is 4.97. The van der Waals surface area contributed by atoms with Crippen molar-refractivity contribution in [2.45, 2.75) is 18.5 Å². The number of carbonyl (C=O) groups excluding carboxylic acids is 2. The molecule has 3 saturated heterocycles. The molecule has 0 bridgehead atoms. The van der Waals surface area contributed by atoms with Crippen LogP contribution >= 0.6 is 11.6 Å². The van der Waals surface area contributed by atoms with E-state index >= 15 is 0 Å². The molecule has 3 atom stereocenters. The van der Waals surface area contributed by atoms with Gasteiger partial charge in [0.1, 0.15) is 11.8 Å². The van der Waals surface area contributed by atoms with Crippen molar-refractivity contribution in [1.82, 2.24) is 10.0 Å². The van der Waals surface area contributed by atoms with Gasteiger partial charge >= 0.3 is 0 Å². The molecule has 7 heteroatoms. The summed E-state index contributed by atoms with van der Waals surface area (Å²) in [6, 6.07) is 14.1. The first-order valence-electron chi connectivity index (χ1n) is 9.40. The van der Waals surface area contributed by atoms with Crippen LogP contribution in [0, 0.1) is 5.92 Å². The minimum atomic E-state index is -0.457. The number of rotatable bonds is 3. The Morgan fingerprint density at radius 3 is 2.36 bits per heavy atom. The number of ether oxygens (including phenoxy) is 1. The van der Waals surface area contributed by atoms with Gasteiger partial charge in [-0.05, 0) is 42.3 Å². The highest BCUT2D eigenvalue weighted by molar-refractivity contribution is 6.31. The molecule has 6 nitrogen and oxygen atoms in total. The Balaban J connectivity index is 1.56. The molecule has 28 heavy (non-hydrogen) atoms. The SMILES string of the molecule is COc1ccc([C@@H]2[C@H]3C(=O)N(c4cccc(Cl)c4)C(=O)[C@@H]3N3CCCN23)cc1. The molecule has 2 amide bonds. The van der Waals surface area contributed by atoms with E-state index in [1.165, 1.54) is 4.90 Å². The van der Waals surface area contributed by atoms with E-state index in [0.717, 1.165) is 30.8 Å². The Labute approximate surface area is 168 Å². The first kappa shape index (κ1) is 17.7. The molecule has 0 spiro atoms. The molecule has 3 fully saturated rings. The molecular weight excluding hydrogens is 378 g/mol. The number of hydrazine groups is 1. The number of nitrogens with zero attached hydrogens (tertiary/aromatic N) is 3. The van der Waals surface area contributed by atoms with Crippen LogP contribution in [-0.2, 0) is 9.59 Å². The van der Waals surface area contributed by atoms with Gasteiger partial charge in [-0.15, -0.1) is 0 Å². The number of amides is 2. The molecule has 0 N–H and O–H groups in total. The number of methoxy groups -OCH3 is 1. The second-order valence-electron chi connectivity index (χ2n) is 7.36. The van der Waals surface area contributed by atoms with Crippen molar-refractivity contribution in [2.24, 2.45) is 5.92 Å². The van der Waals surface area contributed by atoms with Crippen LogP contribution < -0.4 is 9.64 Å². The lowest BCUT2D eigenvalue weighted by molar-refractivity contribution is -0.126. The van der Waals surface area contributed by atoms with Crippen LogP contribution in [0.4, 0.5) is 5.69 Å². The van der Waals surface area contributed by atoms with Crippen LogP contribution in [0.3, 0.4) is 0 Å². The van der Waals surface area contributed by atoms with Crippen LogP contribution in [0.15, 0.2) is 48.5 Å². The lowest BCUT2D eigenvalue weighted by Gasteiger charge is -2.29. The smallest absolute Gasteiger partial charge is 0.253 e. The van der Waals surface area contributed by atoms with E-state index in [4.69, 9.17) is 16.3 Å². The highest BCUT2D eigenvalue weighted by atomic mass is 35.5. The Hall–Kier alpha value is -2.41. The Bertz CT molecular complexity index is 948. The van der Waals surface area contributed by atoms with Gasteiger partial charge in [-0.2, -0.15) is 0 Å². The predicted molar refractivity (Wildman–Crippen MR) is 105 cm³/mol. The molecule has 2 aromatic rings. The molecular formula is C21H20ClN3O3. The summed E-state index contributed by atoms with van der Waals surface area (Å²) < 4.78 is 5.26. The summed E-state index contributed by atoms with van der Waals surface area (Å²) in [4.78, 5) is 28.0. The van der Waals surface area contributed by atoms with E-state index in [-0.39, 0.29) is 17.9 Å². The zero-order chi connectivity index (χ0) is 19.4. The number of benzene rings is 2. The van der Waals surface area contributed by atoms with Gasteiger partial charge in [-0.3, -0.25) is 9.59 Å². The topological polar surface area (TPSA) is 53.1 Å². The van der Waals surface area contributed by atoms with Gasteiger partial charge in [-0.25, -0.2) is 14.9 Å². The average Bonchev–Trinajstić information content (AvgIpc) is 3.34. The Kier molecular flexibility index (Phi) is 4.16. The van der Waals surface area contributed by atoms with Crippen LogP contribution in [0.2, 0.25) is 5.02 Å². The van der Waals surface area contributed by atoms with Crippen LogP contribution in [-0.4, -0.2) is 48.1 Å². The maximum absolute atomic E-state index is 13.4. The van der Waals surface area contributed by atoms with E-state index in [9.17, 15) is 9.59 Å². The molecule has 144 valence electrons. The van der Waals surface area contributed by atoms with Gasteiger partial charge in [-0.1, -0.05) is 29.8 Å². The Morgan fingerprint density at radius 2 is 1.68 bits per heavy atom. The van der Waals surface area contributed by atoms with E-state index in [1.54, 1.807) is 31.4 Å². The maximum atomic E-state index is 13.4. The highest BCUT2D eigenvalue weighted by Gasteiger charge is 2.62. The second-order valence-corrected chi connectivity index (χ2v) is 7.80. The van der Waals surface area contributed by atoms with Crippen molar-refractivity contribution in [1.29, 1.82) is 0 Å². The molecule has 3 aliphatic rings. The quantitative estimate of drug-likeness (QED) is 0.745. The number of anilines is 1. The molecule has 0 unspecified atom stereocenters. The second kappa shape index (κ2) is 6.58. The largest absolute Gasteiger partial charge is 0.497 e. The van der Waals surface area contributed by atoms with E-state index < -0.39 is 12.0 Å². The summed E-state index contributed by atoms with van der Waals surface area (Å²) in [6.45, 7) is 1.64. The maximum Gasteiger partial charge on any atom is 0.253 e. The number of halogens is 1. The number of carbonyl (C=O) groups is 2. The zero-order valence-corrected chi connectivity index (χ0v) is 16.2. The lowest BCUT2D eigenvalue weighted by Crippen LogP contribution is -2.44. The van der Waals surface area contributed by atoms with Crippen molar-refractivity contribution in [3.8, 4) is 5.75 Å². The predicted octanol–water partition coefficient (Wildman–Crippen LogP) is 2.88. The molecule has 0 aromatic heterocycles. The van der Waals surface area contributed by atoms with Crippen LogP contribution in [0.5, 0.6) is 5.75 Å². The molecule has 3 heterocycles. The van der Waals surface area contributed by atoms with Gasteiger partial charge in [0, 0.05) is 18.1 Å². The van der Waals surface area contributed by atoms with Gasteiger partial charge in [0.05, 0.1) is 24.8 Å². The average molecular weight is 398 g/mol. The summed E-state index contributed by atoms with van der Waals surface area (Å²) in [7, 11) is 1.63. The minimum absolute atomic E-state index is 0.154. The van der Waals surface area contributed by atoms with Gasteiger partial charge in [0.2, 0.25) is 5.91 Å². The molecule has 5 rings (SSSR count). The van der Waals surface area contributed by atoms with E-state index in [1.807, 2.05) is 24.3 Å². The standard InChI is InChI=1S/C21H20ClN3O3/c1-28-16-8-6-13(7-9-16)18-17-19(24-11-3-10-23(18)24)21(27)25(20(17)26)15-5-2-4-14(22)12-15/h2,4-9,12,17-19H,3,10-11H2,1H3/t17-,18-,19-/m1/s1. The molecule has 0 saturated carbocycles. The number of fused-ring (bicyclic) bond motifs is 3. The summed E-state index contributed by atoms with van der Waals surface area (Å²) in [5.41, 5.74) is 1.56. The zero-order valence-electron chi connectivity index (χ0n) is 15.4. The number of hydrogen-bond donors (Lipinski definition) is 0. The van der Waals surface area contributed by atoms with Crippen molar-refractivity contribution in [3.05, 3.63) is 59.1 Å². The third-order valence-electron chi connectivity index (χ3n) is 5.93.